The summed E-state index contributed by atoms with van der Waals surface area (Å²) in [6.45, 7) is 1.70. The monoisotopic (exact) mass is 282 g/mol. The van der Waals surface area contributed by atoms with Gasteiger partial charge in [-0.1, -0.05) is 13.0 Å². The lowest BCUT2D eigenvalue weighted by Gasteiger charge is -2.26. The largest absolute Gasteiger partial charge is 0.493 e. The molecular formula is C14H18O4S. The Morgan fingerprint density at radius 2 is 2.21 bits per heavy atom. The van der Waals surface area contributed by atoms with Crippen LogP contribution in [0.25, 0.3) is 0 Å². The second-order valence-electron chi connectivity index (χ2n) is 4.71. The number of hydrogen-bond acceptors (Lipinski definition) is 4. The molecule has 0 amide bonds. The standard InChI is InChI=1S/C14H18O4S/c1-9(14(15)16)5-10-3-4-12(13(6-10)17-2)18-11-7-19-8-11/h3-4,6,9,11H,5,7-8H2,1-2H3,(H,15,16). The number of aliphatic carboxylic acids is 1. The molecule has 1 unspecified atom stereocenters. The van der Waals surface area contributed by atoms with Crippen LogP contribution in [-0.2, 0) is 11.2 Å². The van der Waals surface area contributed by atoms with E-state index in [2.05, 4.69) is 0 Å². The van der Waals surface area contributed by atoms with Gasteiger partial charge in [0.1, 0.15) is 6.10 Å². The topological polar surface area (TPSA) is 55.8 Å². The molecule has 1 aromatic rings. The second kappa shape index (κ2) is 6.19. The molecule has 1 aliphatic rings. The zero-order chi connectivity index (χ0) is 13.8. The quantitative estimate of drug-likeness (QED) is 0.868. The first-order valence-corrected chi connectivity index (χ1v) is 7.39. The third-order valence-corrected chi connectivity index (χ3v) is 4.31. The Balaban J connectivity index is 2.08. The van der Waals surface area contributed by atoms with Crippen molar-refractivity contribution in [2.45, 2.75) is 19.4 Å². The van der Waals surface area contributed by atoms with Crippen LogP contribution in [-0.4, -0.2) is 35.8 Å². The van der Waals surface area contributed by atoms with Gasteiger partial charge in [0, 0.05) is 11.5 Å². The number of carboxylic acid groups (broad SMARTS) is 1. The van der Waals surface area contributed by atoms with E-state index in [9.17, 15) is 4.79 Å². The van der Waals surface area contributed by atoms with Gasteiger partial charge < -0.3 is 14.6 Å². The van der Waals surface area contributed by atoms with Crippen LogP contribution in [0.4, 0.5) is 0 Å². The minimum Gasteiger partial charge on any atom is -0.493 e. The summed E-state index contributed by atoms with van der Waals surface area (Å²) in [5.41, 5.74) is 0.946. The van der Waals surface area contributed by atoms with Crippen LogP contribution in [0.3, 0.4) is 0 Å². The summed E-state index contributed by atoms with van der Waals surface area (Å²) in [4.78, 5) is 10.9. The number of carbonyl (C=O) groups is 1. The molecule has 0 bridgehead atoms. The average Bonchev–Trinajstić information content (AvgIpc) is 2.34. The van der Waals surface area contributed by atoms with Crippen molar-refractivity contribution in [2.24, 2.45) is 5.92 Å². The highest BCUT2D eigenvalue weighted by Gasteiger charge is 2.21. The number of ether oxygens (including phenoxy) is 2. The van der Waals surface area contributed by atoms with Gasteiger partial charge in [-0.3, -0.25) is 4.79 Å². The maximum atomic E-state index is 10.9. The lowest BCUT2D eigenvalue weighted by atomic mass is 10.0. The van der Waals surface area contributed by atoms with E-state index in [0.717, 1.165) is 22.8 Å². The molecule has 1 saturated heterocycles. The average molecular weight is 282 g/mol. The van der Waals surface area contributed by atoms with E-state index in [0.29, 0.717) is 12.2 Å². The van der Waals surface area contributed by atoms with Crippen molar-refractivity contribution in [2.75, 3.05) is 18.6 Å². The molecule has 19 heavy (non-hydrogen) atoms. The van der Waals surface area contributed by atoms with Gasteiger partial charge >= 0.3 is 5.97 Å². The van der Waals surface area contributed by atoms with Gasteiger partial charge in [0.25, 0.3) is 0 Å². The first-order valence-electron chi connectivity index (χ1n) is 6.24. The molecule has 4 nitrogen and oxygen atoms in total. The molecule has 0 aromatic heterocycles. The number of carboxylic acids is 1. The summed E-state index contributed by atoms with van der Waals surface area (Å²) in [6, 6.07) is 5.63. The summed E-state index contributed by atoms with van der Waals surface area (Å²) in [5, 5.41) is 8.92. The van der Waals surface area contributed by atoms with Crippen LogP contribution in [0.2, 0.25) is 0 Å². The minimum atomic E-state index is -0.786. The number of thioether (sulfide) groups is 1. The van der Waals surface area contributed by atoms with Gasteiger partial charge in [0.15, 0.2) is 11.5 Å². The van der Waals surface area contributed by atoms with Crippen molar-refractivity contribution in [1.82, 2.24) is 0 Å². The first kappa shape index (κ1) is 14.1. The first-order chi connectivity index (χ1) is 9.10. The lowest BCUT2D eigenvalue weighted by molar-refractivity contribution is -0.141. The van der Waals surface area contributed by atoms with E-state index in [1.165, 1.54) is 0 Å². The van der Waals surface area contributed by atoms with Crippen molar-refractivity contribution >= 4 is 17.7 Å². The van der Waals surface area contributed by atoms with Crippen molar-refractivity contribution < 1.29 is 19.4 Å². The third-order valence-electron chi connectivity index (χ3n) is 3.09. The molecule has 0 saturated carbocycles. The van der Waals surface area contributed by atoms with Crippen molar-refractivity contribution in [3.05, 3.63) is 23.8 Å². The van der Waals surface area contributed by atoms with Gasteiger partial charge in [-0.05, 0) is 24.1 Å². The van der Waals surface area contributed by atoms with Crippen molar-refractivity contribution in [1.29, 1.82) is 0 Å². The highest BCUT2D eigenvalue weighted by molar-refractivity contribution is 8.00. The normalized spacial score (nSPS) is 16.5. The molecule has 1 atom stereocenters. The number of benzene rings is 1. The van der Waals surface area contributed by atoms with Gasteiger partial charge in [-0.25, -0.2) is 0 Å². The Morgan fingerprint density at radius 3 is 2.74 bits per heavy atom. The van der Waals surface area contributed by atoms with E-state index in [-0.39, 0.29) is 6.10 Å². The zero-order valence-corrected chi connectivity index (χ0v) is 11.9. The molecule has 0 radical (unpaired) electrons. The highest BCUT2D eigenvalue weighted by atomic mass is 32.2. The number of methoxy groups -OCH3 is 1. The molecule has 0 spiro atoms. The van der Waals surface area contributed by atoms with E-state index >= 15 is 0 Å². The van der Waals surface area contributed by atoms with E-state index in [4.69, 9.17) is 14.6 Å². The Hall–Kier alpha value is -1.36. The Kier molecular flexibility index (Phi) is 4.58. The lowest BCUT2D eigenvalue weighted by Crippen LogP contribution is -2.31. The maximum absolute atomic E-state index is 10.9. The van der Waals surface area contributed by atoms with E-state index in [1.807, 2.05) is 30.0 Å². The molecule has 1 aliphatic heterocycles. The molecule has 5 heteroatoms. The van der Waals surface area contributed by atoms with Crippen LogP contribution in [0.1, 0.15) is 12.5 Å². The molecule has 1 heterocycles. The number of hydrogen-bond donors (Lipinski definition) is 1. The second-order valence-corrected chi connectivity index (χ2v) is 5.78. The molecule has 0 aliphatic carbocycles. The predicted octanol–water partition coefficient (Wildman–Crippen LogP) is 2.45. The van der Waals surface area contributed by atoms with E-state index < -0.39 is 11.9 Å². The van der Waals surface area contributed by atoms with Crippen LogP contribution in [0, 0.1) is 5.92 Å². The Morgan fingerprint density at radius 1 is 1.47 bits per heavy atom. The Bertz CT molecular complexity index is 457. The highest BCUT2D eigenvalue weighted by Crippen LogP contribution is 2.32. The fourth-order valence-corrected chi connectivity index (χ4v) is 2.40. The summed E-state index contributed by atoms with van der Waals surface area (Å²) in [7, 11) is 1.60. The summed E-state index contributed by atoms with van der Waals surface area (Å²) in [5.74, 6) is 2.25. The summed E-state index contributed by atoms with van der Waals surface area (Å²) >= 11 is 1.86. The molecule has 1 N–H and O–H groups in total. The van der Waals surface area contributed by atoms with Gasteiger partial charge in [-0.15, -0.1) is 0 Å². The fourth-order valence-electron chi connectivity index (χ4n) is 1.84. The smallest absolute Gasteiger partial charge is 0.306 e. The van der Waals surface area contributed by atoms with Gasteiger partial charge in [0.2, 0.25) is 0 Å². The molecule has 104 valence electrons. The summed E-state index contributed by atoms with van der Waals surface area (Å²) in [6.07, 6.45) is 0.758. The van der Waals surface area contributed by atoms with Crippen LogP contribution < -0.4 is 9.47 Å². The van der Waals surface area contributed by atoms with Gasteiger partial charge in [-0.2, -0.15) is 11.8 Å². The van der Waals surface area contributed by atoms with Crippen LogP contribution >= 0.6 is 11.8 Å². The molecular weight excluding hydrogens is 264 g/mol. The Labute approximate surface area is 117 Å². The van der Waals surface area contributed by atoms with Crippen molar-refractivity contribution in [3.63, 3.8) is 0 Å². The minimum absolute atomic E-state index is 0.266. The molecule has 2 rings (SSSR count). The predicted molar refractivity (Wildman–Crippen MR) is 75.2 cm³/mol. The molecule has 1 aromatic carbocycles. The third kappa shape index (κ3) is 3.56. The maximum Gasteiger partial charge on any atom is 0.306 e. The van der Waals surface area contributed by atoms with Crippen molar-refractivity contribution in [3.8, 4) is 11.5 Å². The fraction of sp³-hybridized carbons (Fsp3) is 0.500. The van der Waals surface area contributed by atoms with Gasteiger partial charge in [0.05, 0.1) is 13.0 Å². The van der Waals surface area contributed by atoms with Crippen LogP contribution in [0.5, 0.6) is 11.5 Å². The summed E-state index contributed by atoms with van der Waals surface area (Å²) < 4.78 is 11.1. The SMILES string of the molecule is COc1cc(CC(C)C(=O)O)ccc1OC1CSC1. The number of rotatable bonds is 6. The molecule has 1 fully saturated rings. The van der Waals surface area contributed by atoms with Crippen LogP contribution in [0.15, 0.2) is 18.2 Å². The zero-order valence-electron chi connectivity index (χ0n) is 11.1. The van der Waals surface area contributed by atoms with E-state index in [1.54, 1.807) is 14.0 Å².